The molecule has 0 saturated carbocycles. The van der Waals surface area contributed by atoms with Crippen molar-refractivity contribution in [3.63, 3.8) is 0 Å². The van der Waals surface area contributed by atoms with Crippen LogP contribution < -0.4 is 10.6 Å². The number of rotatable bonds is 4. The number of methoxy groups -OCH3 is 1. The van der Waals surface area contributed by atoms with E-state index in [9.17, 15) is 14.9 Å². The molecule has 10 heteroatoms. The fraction of sp³-hybridized carbons (Fsp3) is 0.294. The lowest BCUT2D eigenvalue weighted by molar-refractivity contribution is -0.384. The molecule has 1 aliphatic rings. The first-order chi connectivity index (χ1) is 12.9. The van der Waals surface area contributed by atoms with Crippen LogP contribution in [0.3, 0.4) is 0 Å². The van der Waals surface area contributed by atoms with Crippen LogP contribution in [0.15, 0.2) is 18.2 Å². The Morgan fingerprint density at radius 3 is 2.74 bits per heavy atom. The highest BCUT2D eigenvalue weighted by molar-refractivity contribution is 7.80. The quantitative estimate of drug-likeness (QED) is 0.315. The smallest absolute Gasteiger partial charge is 0.341 e. The van der Waals surface area contributed by atoms with Crippen molar-refractivity contribution in [2.24, 2.45) is 0 Å². The zero-order valence-corrected chi connectivity index (χ0v) is 16.7. The summed E-state index contributed by atoms with van der Waals surface area (Å²) in [5, 5.41) is 17.8. The van der Waals surface area contributed by atoms with Crippen LogP contribution in [0.5, 0.6) is 0 Å². The number of halogens is 1. The number of ether oxygens (including phenoxy) is 1. The second kappa shape index (κ2) is 8.20. The first kappa shape index (κ1) is 19.5. The molecule has 0 amide bonds. The molecule has 2 N–H and O–H groups in total. The molecule has 2 aromatic rings. The summed E-state index contributed by atoms with van der Waals surface area (Å²) in [6, 6.07) is 4.06. The summed E-state index contributed by atoms with van der Waals surface area (Å²) >= 11 is 12.9. The molecular formula is C17H16ClN3O4S2. The largest absolute Gasteiger partial charge is 0.465 e. The Hall–Kier alpha value is -2.23. The summed E-state index contributed by atoms with van der Waals surface area (Å²) in [7, 11) is 1.35. The minimum atomic E-state index is -0.523. The Balaban J connectivity index is 1.81. The number of aryl methyl sites for hydroxylation is 1. The highest BCUT2D eigenvalue weighted by Crippen LogP contribution is 2.38. The first-order valence-corrected chi connectivity index (χ1v) is 9.75. The van der Waals surface area contributed by atoms with Gasteiger partial charge >= 0.3 is 5.97 Å². The van der Waals surface area contributed by atoms with Gasteiger partial charge in [0.05, 0.1) is 28.3 Å². The average Bonchev–Trinajstić information content (AvgIpc) is 3.00. The van der Waals surface area contributed by atoms with E-state index >= 15 is 0 Å². The van der Waals surface area contributed by atoms with Crippen molar-refractivity contribution >= 4 is 62.6 Å². The normalized spacial score (nSPS) is 12.8. The van der Waals surface area contributed by atoms with Gasteiger partial charge in [0.2, 0.25) is 0 Å². The summed E-state index contributed by atoms with van der Waals surface area (Å²) in [6.45, 7) is 0. The van der Waals surface area contributed by atoms with Gasteiger partial charge in [0, 0.05) is 17.0 Å². The highest BCUT2D eigenvalue weighted by Gasteiger charge is 2.26. The first-order valence-electron chi connectivity index (χ1n) is 8.15. The van der Waals surface area contributed by atoms with Gasteiger partial charge in [-0.1, -0.05) is 11.6 Å². The van der Waals surface area contributed by atoms with E-state index in [4.69, 9.17) is 28.6 Å². The number of hydrogen-bond acceptors (Lipinski definition) is 6. The van der Waals surface area contributed by atoms with Crippen molar-refractivity contribution in [2.75, 3.05) is 17.7 Å². The molecule has 1 aromatic carbocycles. The monoisotopic (exact) mass is 425 g/mol. The van der Waals surface area contributed by atoms with E-state index in [1.54, 1.807) is 0 Å². The van der Waals surface area contributed by atoms with Crippen LogP contribution in [0, 0.1) is 10.1 Å². The van der Waals surface area contributed by atoms with Crippen LogP contribution >= 0.6 is 35.2 Å². The summed E-state index contributed by atoms with van der Waals surface area (Å²) < 4.78 is 4.94. The third-order valence-electron chi connectivity index (χ3n) is 4.20. The number of nitrogens with one attached hydrogen (secondary N) is 2. The van der Waals surface area contributed by atoms with Crippen LogP contribution in [-0.2, 0) is 17.6 Å². The molecule has 0 aliphatic heterocycles. The minimum absolute atomic E-state index is 0.108. The minimum Gasteiger partial charge on any atom is -0.465 e. The van der Waals surface area contributed by atoms with E-state index in [-0.39, 0.29) is 15.8 Å². The van der Waals surface area contributed by atoms with Crippen LogP contribution in [0.4, 0.5) is 16.4 Å². The summed E-state index contributed by atoms with van der Waals surface area (Å²) in [5.74, 6) is -0.395. The van der Waals surface area contributed by atoms with Crippen molar-refractivity contribution < 1.29 is 14.5 Å². The molecule has 0 radical (unpaired) electrons. The van der Waals surface area contributed by atoms with Crippen molar-refractivity contribution in [3.8, 4) is 0 Å². The number of carbonyl (C=O) groups excluding carboxylic acids is 1. The van der Waals surface area contributed by atoms with E-state index in [1.165, 1.54) is 41.5 Å². The number of anilines is 2. The lowest BCUT2D eigenvalue weighted by atomic mass is 9.95. The second-order valence-electron chi connectivity index (χ2n) is 5.91. The van der Waals surface area contributed by atoms with Crippen LogP contribution in [0.2, 0.25) is 5.02 Å². The molecule has 0 fully saturated rings. The number of thiocarbonyl (C=S) groups is 1. The average molecular weight is 426 g/mol. The van der Waals surface area contributed by atoms with Crippen LogP contribution in [0.25, 0.3) is 0 Å². The third kappa shape index (κ3) is 4.20. The number of benzene rings is 1. The second-order valence-corrected chi connectivity index (χ2v) is 7.83. The molecule has 3 rings (SSSR count). The predicted octanol–water partition coefficient (Wildman–Crippen LogP) is 4.78. The highest BCUT2D eigenvalue weighted by atomic mass is 35.5. The van der Waals surface area contributed by atoms with Gasteiger partial charge in [-0.15, -0.1) is 11.3 Å². The lowest BCUT2D eigenvalue weighted by Crippen LogP contribution is -2.20. The Kier molecular flexibility index (Phi) is 5.93. The Labute approximate surface area is 169 Å². The van der Waals surface area contributed by atoms with E-state index in [1.807, 2.05) is 0 Å². The van der Waals surface area contributed by atoms with Gasteiger partial charge in [0.1, 0.15) is 5.00 Å². The molecule has 0 bridgehead atoms. The zero-order chi connectivity index (χ0) is 19.6. The Morgan fingerprint density at radius 2 is 2.07 bits per heavy atom. The zero-order valence-electron chi connectivity index (χ0n) is 14.3. The van der Waals surface area contributed by atoms with Gasteiger partial charge in [-0.05, 0) is 49.5 Å². The number of non-ortho nitro benzene ring substituents is 1. The van der Waals surface area contributed by atoms with Crippen molar-refractivity contribution in [2.45, 2.75) is 25.7 Å². The fourth-order valence-electron chi connectivity index (χ4n) is 2.95. The Bertz CT molecular complexity index is 929. The molecule has 1 heterocycles. The van der Waals surface area contributed by atoms with E-state index in [0.717, 1.165) is 31.2 Å². The third-order valence-corrected chi connectivity index (χ3v) is 5.92. The van der Waals surface area contributed by atoms with Gasteiger partial charge < -0.3 is 15.4 Å². The molecule has 0 unspecified atom stereocenters. The van der Waals surface area contributed by atoms with Gasteiger partial charge in [-0.2, -0.15) is 0 Å². The topological polar surface area (TPSA) is 93.5 Å². The predicted molar refractivity (Wildman–Crippen MR) is 110 cm³/mol. The number of carbonyl (C=O) groups is 1. The number of fused-ring (bicyclic) bond motifs is 1. The van der Waals surface area contributed by atoms with E-state index in [0.29, 0.717) is 16.3 Å². The maximum Gasteiger partial charge on any atom is 0.341 e. The maximum absolute atomic E-state index is 12.3. The molecule has 27 heavy (non-hydrogen) atoms. The van der Waals surface area contributed by atoms with Gasteiger partial charge in [-0.25, -0.2) is 4.79 Å². The number of thiophene rings is 1. The molecule has 7 nitrogen and oxygen atoms in total. The molecule has 0 saturated heterocycles. The van der Waals surface area contributed by atoms with Crippen LogP contribution in [0.1, 0.15) is 33.6 Å². The summed E-state index contributed by atoms with van der Waals surface area (Å²) in [5.41, 5.74) is 1.87. The van der Waals surface area contributed by atoms with Crippen molar-refractivity contribution in [1.82, 2.24) is 0 Å². The molecule has 0 spiro atoms. The molecule has 1 aliphatic carbocycles. The van der Waals surface area contributed by atoms with Gasteiger partial charge in [-0.3, -0.25) is 10.1 Å². The SMILES string of the molecule is COC(=O)c1c(NC(=S)Nc2ccc([N+](=O)[O-])cc2Cl)sc2c1CCCC2. The summed E-state index contributed by atoms with van der Waals surface area (Å²) in [4.78, 5) is 23.7. The van der Waals surface area contributed by atoms with E-state index in [2.05, 4.69) is 10.6 Å². The van der Waals surface area contributed by atoms with Crippen LogP contribution in [-0.4, -0.2) is 23.1 Å². The fourth-order valence-corrected chi connectivity index (χ4v) is 4.73. The van der Waals surface area contributed by atoms with E-state index < -0.39 is 10.9 Å². The molecular weight excluding hydrogens is 410 g/mol. The summed E-state index contributed by atoms with van der Waals surface area (Å²) in [6.07, 6.45) is 3.90. The van der Waals surface area contributed by atoms with Crippen molar-refractivity contribution in [1.29, 1.82) is 0 Å². The number of nitrogens with zero attached hydrogens (tertiary/aromatic N) is 1. The van der Waals surface area contributed by atoms with Gasteiger partial charge in [0.15, 0.2) is 5.11 Å². The van der Waals surface area contributed by atoms with Crippen molar-refractivity contribution in [3.05, 3.63) is 49.3 Å². The number of nitro benzene ring substituents is 1. The maximum atomic E-state index is 12.3. The number of esters is 1. The number of hydrogen-bond donors (Lipinski definition) is 2. The standard InChI is InChI=1S/C17H16ClN3O4S2/c1-25-16(22)14-10-4-2-3-5-13(10)27-15(14)20-17(26)19-12-7-6-9(21(23)24)8-11(12)18/h6-8H,2-5H2,1H3,(H2,19,20,26). The van der Waals surface area contributed by atoms with Gasteiger partial charge in [0.25, 0.3) is 5.69 Å². The Morgan fingerprint density at radius 1 is 1.33 bits per heavy atom. The number of nitro groups is 1. The molecule has 1 aromatic heterocycles. The molecule has 0 atom stereocenters. The lowest BCUT2D eigenvalue weighted by Gasteiger charge is -2.13. The molecule has 142 valence electrons.